The second kappa shape index (κ2) is 4.36. The molecule has 0 radical (unpaired) electrons. The number of hydrogen-bond donors (Lipinski definition) is 1. The van der Waals surface area contributed by atoms with E-state index in [1.807, 2.05) is 11.0 Å². The average molecular weight is 314 g/mol. The average Bonchev–Trinajstić information content (AvgIpc) is 3.30. The van der Waals surface area contributed by atoms with Crippen molar-refractivity contribution < 1.29 is 9.63 Å². The molecule has 6 nitrogen and oxygen atoms in total. The molecule has 0 bridgehead atoms. The fourth-order valence-electron chi connectivity index (χ4n) is 4.26. The number of fused-ring (bicyclic) bond motifs is 1. The van der Waals surface area contributed by atoms with Gasteiger partial charge in [-0.15, -0.1) is 0 Å². The number of H-pyrrole nitrogens is 1. The summed E-state index contributed by atoms with van der Waals surface area (Å²) in [7, 11) is 0. The second-order valence-electron chi connectivity index (χ2n) is 8.16. The minimum atomic E-state index is -0.157. The number of carbonyl (C=O) groups excluding carboxylic acids is 1. The summed E-state index contributed by atoms with van der Waals surface area (Å²) in [5.41, 5.74) is 2.74. The van der Waals surface area contributed by atoms with E-state index in [1.54, 1.807) is 0 Å². The summed E-state index contributed by atoms with van der Waals surface area (Å²) in [4.78, 5) is 20.0. The van der Waals surface area contributed by atoms with E-state index in [2.05, 4.69) is 29.2 Å². The van der Waals surface area contributed by atoms with Crippen molar-refractivity contribution in [3.8, 4) is 0 Å². The van der Waals surface area contributed by atoms with Gasteiger partial charge in [-0.2, -0.15) is 5.10 Å². The van der Waals surface area contributed by atoms with Crippen LogP contribution in [0.5, 0.6) is 0 Å². The van der Waals surface area contributed by atoms with Crippen molar-refractivity contribution in [2.75, 3.05) is 13.1 Å². The first-order valence-corrected chi connectivity index (χ1v) is 8.61. The highest BCUT2D eigenvalue weighted by molar-refractivity contribution is 5.94. The van der Waals surface area contributed by atoms with Crippen LogP contribution >= 0.6 is 0 Å². The van der Waals surface area contributed by atoms with Crippen LogP contribution in [0.4, 0.5) is 0 Å². The van der Waals surface area contributed by atoms with Gasteiger partial charge < -0.3 is 9.74 Å². The van der Waals surface area contributed by atoms with Crippen LogP contribution in [0.1, 0.15) is 55.2 Å². The molecule has 5 rings (SSSR count). The number of aromatic nitrogens is 2. The number of aromatic amines is 1. The SMILES string of the molecule is CC1(C)CC(C2C3CN(C(=O)c4cc(C5CC5)[nH]n4)CC32)=NO1. The van der Waals surface area contributed by atoms with E-state index in [4.69, 9.17) is 4.84 Å². The van der Waals surface area contributed by atoms with Gasteiger partial charge in [0.05, 0.1) is 5.71 Å². The number of hydrogen-bond acceptors (Lipinski definition) is 4. The minimum Gasteiger partial charge on any atom is -0.389 e. The number of piperidine rings is 1. The highest BCUT2D eigenvalue weighted by atomic mass is 16.7. The van der Waals surface area contributed by atoms with Crippen LogP contribution in [0.3, 0.4) is 0 Å². The molecule has 1 aromatic heterocycles. The van der Waals surface area contributed by atoms with Crippen molar-refractivity contribution in [2.45, 2.75) is 44.6 Å². The maximum absolute atomic E-state index is 12.6. The van der Waals surface area contributed by atoms with E-state index in [0.717, 1.165) is 25.2 Å². The Labute approximate surface area is 135 Å². The van der Waals surface area contributed by atoms with Crippen LogP contribution in [0.2, 0.25) is 0 Å². The smallest absolute Gasteiger partial charge is 0.274 e. The van der Waals surface area contributed by atoms with Gasteiger partial charge in [-0.25, -0.2) is 0 Å². The first-order chi connectivity index (χ1) is 11.0. The standard InChI is InChI=1S/C17H22N4O2/c1-17(2)6-14(20-23-17)15-10-7-21(8-11(10)15)16(22)13-5-12(18-19-13)9-3-4-9/h5,9-11,15H,3-4,6-8H2,1-2H3,(H,18,19). The van der Waals surface area contributed by atoms with Crippen LogP contribution in [-0.4, -0.2) is 45.4 Å². The second-order valence-corrected chi connectivity index (χ2v) is 8.16. The number of nitrogens with one attached hydrogen (secondary N) is 1. The molecular formula is C17H22N4O2. The van der Waals surface area contributed by atoms with Crippen molar-refractivity contribution in [3.05, 3.63) is 17.5 Å². The minimum absolute atomic E-state index is 0.0732. The number of rotatable bonds is 3. The molecule has 1 saturated heterocycles. The Balaban J connectivity index is 1.22. The largest absolute Gasteiger partial charge is 0.389 e. The highest BCUT2D eigenvalue weighted by Crippen LogP contribution is 2.54. The van der Waals surface area contributed by atoms with Gasteiger partial charge in [0.2, 0.25) is 0 Å². The van der Waals surface area contributed by atoms with E-state index >= 15 is 0 Å². The molecule has 0 aromatic carbocycles. The molecule has 2 atom stereocenters. The monoisotopic (exact) mass is 314 g/mol. The summed E-state index contributed by atoms with van der Waals surface area (Å²) in [5.74, 6) is 2.34. The molecule has 1 amide bonds. The summed E-state index contributed by atoms with van der Waals surface area (Å²) in [5, 5.41) is 11.5. The molecule has 2 aliphatic carbocycles. The van der Waals surface area contributed by atoms with Crippen molar-refractivity contribution >= 4 is 11.6 Å². The van der Waals surface area contributed by atoms with Crippen LogP contribution in [0.15, 0.2) is 11.2 Å². The lowest BCUT2D eigenvalue weighted by Gasteiger charge is -2.19. The lowest BCUT2D eigenvalue weighted by molar-refractivity contribution is 0.0123. The topological polar surface area (TPSA) is 70.6 Å². The maximum Gasteiger partial charge on any atom is 0.274 e. The molecule has 4 aliphatic rings. The van der Waals surface area contributed by atoms with Crippen LogP contribution < -0.4 is 0 Å². The Morgan fingerprint density at radius 3 is 2.70 bits per heavy atom. The fourth-order valence-corrected chi connectivity index (χ4v) is 4.26. The van der Waals surface area contributed by atoms with E-state index in [0.29, 0.717) is 29.4 Å². The van der Waals surface area contributed by atoms with Gasteiger partial charge in [0.15, 0.2) is 0 Å². The predicted octanol–water partition coefficient (Wildman–Crippen LogP) is 2.16. The molecule has 6 heteroatoms. The van der Waals surface area contributed by atoms with Gasteiger partial charge in [-0.3, -0.25) is 9.89 Å². The van der Waals surface area contributed by atoms with Gasteiger partial charge >= 0.3 is 0 Å². The van der Waals surface area contributed by atoms with Gasteiger partial charge in [0.25, 0.3) is 5.91 Å². The van der Waals surface area contributed by atoms with Gasteiger partial charge in [0, 0.05) is 37.0 Å². The predicted molar refractivity (Wildman–Crippen MR) is 84.2 cm³/mol. The van der Waals surface area contributed by atoms with Gasteiger partial charge in [-0.1, -0.05) is 5.16 Å². The van der Waals surface area contributed by atoms with Crippen LogP contribution in [0, 0.1) is 17.8 Å². The third-order valence-corrected chi connectivity index (χ3v) is 5.72. The van der Waals surface area contributed by atoms with Crippen molar-refractivity contribution in [1.82, 2.24) is 15.1 Å². The Morgan fingerprint density at radius 2 is 2.09 bits per heavy atom. The summed E-state index contributed by atoms with van der Waals surface area (Å²) in [6.07, 6.45) is 3.35. The molecule has 23 heavy (non-hydrogen) atoms. The van der Waals surface area contributed by atoms with Crippen molar-refractivity contribution in [2.24, 2.45) is 22.9 Å². The molecule has 3 fully saturated rings. The Bertz CT molecular complexity index is 691. The molecule has 1 aromatic rings. The van der Waals surface area contributed by atoms with Gasteiger partial charge in [0.1, 0.15) is 11.3 Å². The lowest BCUT2D eigenvalue weighted by atomic mass is 9.98. The zero-order chi connectivity index (χ0) is 15.8. The van der Waals surface area contributed by atoms with E-state index in [-0.39, 0.29) is 11.5 Å². The third-order valence-electron chi connectivity index (χ3n) is 5.72. The zero-order valence-electron chi connectivity index (χ0n) is 13.6. The molecule has 1 N–H and O–H groups in total. The maximum atomic E-state index is 12.6. The number of likely N-dealkylation sites (tertiary alicyclic amines) is 1. The van der Waals surface area contributed by atoms with Crippen molar-refractivity contribution in [1.29, 1.82) is 0 Å². The van der Waals surface area contributed by atoms with Gasteiger partial charge in [-0.05, 0) is 44.6 Å². The molecule has 3 heterocycles. The van der Waals surface area contributed by atoms with Crippen LogP contribution in [0.25, 0.3) is 0 Å². The van der Waals surface area contributed by atoms with Crippen LogP contribution in [-0.2, 0) is 4.84 Å². The normalized spacial score (nSPS) is 34.1. The summed E-state index contributed by atoms with van der Waals surface area (Å²) >= 11 is 0. The molecular weight excluding hydrogens is 292 g/mol. The number of amides is 1. The lowest BCUT2D eigenvalue weighted by Crippen LogP contribution is -2.33. The quantitative estimate of drug-likeness (QED) is 0.929. The first kappa shape index (κ1) is 13.6. The van der Waals surface area contributed by atoms with E-state index in [1.165, 1.54) is 18.6 Å². The molecule has 2 unspecified atom stereocenters. The number of oxime groups is 1. The molecule has 122 valence electrons. The molecule has 2 aliphatic heterocycles. The number of nitrogens with zero attached hydrogens (tertiary/aromatic N) is 3. The summed E-state index contributed by atoms with van der Waals surface area (Å²) < 4.78 is 0. The fraction of sp³-hybridized carbons (Fsp3) is 0.706. The van der Waals surface area contributed by atoms with E-state index < -0.39 is 0 Å². The van der Waals surface area contributed by atoms with Crippen molar-refractivity contribution in [3.63, 3.8) is 0 Å². The summed E-state index contributed by atoms with van der Waals surface area (Å²) in [6.45, 7) is 5.82. The molecule has 0 spiro atoms. The Kier molecular flexibility index (Phi) is 2.58. The first-order valence-electron chi connectivity index (χ1n) is 8.61. The Hall–Kier alpha value is -1.85. The summed E-state index contributed by atoms with van der Waals surface area (Å²) in [6, 6.07) is 1.94. The number of carbonyl (C=O) groups is 1. The molecule has 2 saturated carbocycles. The Morgan fingerprint density at radius 1 is 1.35 bits per heavy atom. The third kappa shape index (κ3) is 2.18. The van der Waals surface area contributed by atoms with E-state index in [9.17, 15) is 4.79 Å². The highest BCUT2D eigenvalue weighted by Gasteiger charge is 2.60. The zero-order valence-corrected chi connectivity index (χ0v) is 13.6.